The SMILES string of the molecule is Cc1ccc(N2C(=O)[C@H](CCCNS(=O)(=O)c3ccc(OC(F)(F)F)cc3)[C@H]2c2ccc([N+](=O)[O-])cc2)cc1. The maximum Gasteiger partial charge on any atom is 0.573 e. The molecule has 0 bridgehead atoms. The van der Waals surface area contributed by atoms with Crippen LogP contribution in [-0.4, -0.2) is 32.2 Å². The predicted octanol–water partition coefficient (Wildman–Crippen LogP) is 5.26. The molecule has 4 rings (SSSR count). The molecule has 1 aliphatic heterocycles. The number of nitrogens with one attached hydrogen (secondary N) is 1. The number of anilines is 1. The van der Waals surface area contributed by atoms with Gasteiger partial charge in [-0.2, -0.15) is 0 Å². The zero-order valence-corrected chi connectivity index (χ0v) is 21.4. The summed E-state index contributed by atoms with van der Waals surface area (Å²) in [5.74, 6) is -1.17. The van der Waals surface area contributed by atoms with Gasteiger partial charge in [-0.3, -0.25) is 14.9 Å². The van der Waals surface area contributed by atoms with Gasteiger partial charge in [-0.15, -0.1) is 13.2 Å². The zero-order valence-electron chi connectivity index (χ0n) is 20.6. The Hall–Kier alpha value is -3.97. The lowest BCUT2D eigenvalue weighted by atomic mass is 9.79. The topological polar surface area (TPSA) is 119 Å². The lowest BCUT2D eigenvalue weighted by molar-refractivity contribution is -0.384. The highest BCUT2D eigenvalue weighted by Gasteiger charge is 2.48. The number of nitro benzene ring substituents is 1. The molecular weight excluding hydrogens is 539 g/mol. The Morgan fingerprint density at radius 1 is 1.00 bits per heavy atom. The van der Waals surface area contributed by atoms with Crippen LogP contribution in [0.15, 0.2) is 77.7 Å². The minimum Gasteiger partial charge on any atom is -0.406 e. The molecule has 1 fully saturated rings. The van der Waals surface area contributed by atoms with Crippen LogP contribution in [0.5, 0.6) is 5.75 Å². The van der Waals surface area contributed by atoms with Crippen LogP contribution in [0.1, 0.15) is 30.0 Å². The number of halogens is 3. The standard InChI is InChI=1S/C26H24F3N3O6S/c1-17-4-8-19(9-5-17)31-24(18-6-10-20(11-7-18)32(34)35)23(25(31)33)3-2-16-30-39(36,37)22-14-12-21(13-15-22)38-26(27,28)29/h4-15,23-24,30H,2-3,16H2,1H3/t23-,24-/m1/s1. The largest absolute Gasteiger partial charge is 0.573 e. The molecule has 2 atom stereocenters. The number of aryl methyl sites for hydroxylation is 1. The summed E-state index contributed by atoms with van der Waals surface area (Å²) in [6.07, 6.45) is -4.25. The molecule has 1 N–H and O–H groups in total. The Morgan fingerprint density at radius 2 is 1.62 bits per heavy atom. The lowest BCUT2D eigenvalue weighted by Crippen LogP contribution is -2.55. The first-order chi connectivity index (χ1) is 18.4. The van der Waals surface area contributed by atoms with Gasteiger partial charge in [0.15, 0.2) is 0 Å². The van der Waals surface area contributed by atoms with Crippen LogP contribution >= 0.6 is 0 Å². The summed E-state index contributed by atoms with van der Waals surface area (Å²) in [6.45, 7) is 1.91. The van der Waals surface area contributed by atoms with Gasteiger partial charge in [0.25, 0.3) is 5.69 Å². The number of ether oxygens (including phenoxy) is 1. The summed E-state index contributed by atoms with van der Waals surface area (Å²) in [7, 11) is -4.00. The van der Waals surface area contributed by atoms with E-state index in [9.17, 15) is 36.5 Å². The first-order valence-electron chi connectivity index (χ1n) is 11.9. The van der Waals surface area contributed by atoms with Gasteiger partial charge in [-0.1, -0.05) is 29.8 Å². The van der Waals surface area contributed by atoms with Gasteiger partial charge < -0.3 is 9.64 Å². The van der Waals surface area contributed by atoms with E-state index in [0.717, 1.165) is 29.8 Å². The van der Waals surface area contributed by atoms with E-state index in [1.165, 1.54) is 12.1 Å². The number of sulfonamides is 1. The number of benzene rings is 3. The van der Waals surface area contributed by atoms with Crippen LogP contribution < -0.4 is 14.4 Å². The molecule has 206 valence electrons. The number of nitro groups is 1. The Labute approximate surface area is 222 Å². The van der Waals surface area contributed by atoms with Crippen LogP contribution in [0.4, 0.5) is 24.5 Å². The summed E-state index contributed by atoms with van der Waals surface area (Å²) >= 11 is 0. The van der Waals surface area contributed by atoms with Crippen molar-refractivity contribution in [2.45, 2.75) is 37.1 Å². The number of carbonyl (C=O) groups excluding carboxylic acids is 1. The molecule has 1 saturated heterocycles. The van der Waals surface area contributed by atoms with Gasteiger partial charge in [0.1, 0.15) is 5.75 Å². The third kappa shape index (κ3) is 6.55. The number of hydrogen-bond acceptors (Lipinski definition) is 6. The number of non-ortho nitro benzene ring substituents is 1. The Morgan fingerprint density at radius 3 is 2.18 bits per heavy atom. The quantitative estimate of drug-likeness (QED) is 0.156. The van der Waals surface area contributed by atoms with Crippen molar-refractivity contribution in [1.29, 1.82) is 0 Å². The van der Waals surface area contributed by atoms with Gasteiger partial charge in [0, 0.05) is 24.4 Å². The first-order valence-corrected chi connectivity index (χ1v) is 13.3. The fraction of sp³-hybridized carbons (Fsp3) is 0.269. The molecular formula is C26H24F3N3O6S. The van der Waals surface area contributed by atoms with Crippen LogP contribution in [0.2, 0.25) is 0 Å². The van der Waals surface area contributed by atoms with E-state index in [1.807, 2.05) is 31.2 Å². The number of alkyl halides is 3. The zero-order chi connectivity index (χ0) is 28.4. The van der Waals surface area contributed by atoms with Crippen LogP contribution in [-0.2, 0) is 14.8 Å². The average Bonchev–Trinajstić information content (AvgIpc) is 2.87. The molecule has 9 nitrogen and oxygen atoms in total. The third-order valence-corrected chi connectivity index (χ3v) is 7.80. The lowest BCUT2D eigenvalue weighted by Gasteiger charge is -2.47. The normalized spacial score (nSPS) is 17.5. The number of nitrogens with zero attached hydrogens (tertiary/aromatic N) is 2. The van der Waals surface area contributed by atoms with E-state index in [2.05, 4.69) is 9.46 Å². The number of carbonyl (C=O) groups is 1. The van der Waals surface area contributed by atoms with Crippen molar-refractivity contribution in [3.8, 4) is 5.75 Å². The predicted molar refractivity (Wildman–Crippen MR) is 136 cm³/mol. The van der Waals surface area contributed by atoms with Gasteiger partial charge in [-0.25, -0.2) is 13.1 Å². The Balaban J connectivity index is 1.42. The molecule has 1 amide bonds. The highest BCUT2D eigenvalue weighted by atomic mass is 32.2. The fourth-order valence-electron chi connectivity index (χ4n) is 4.43. The first kappa shape index (κ1) is 28.0. The van der Waals surface area contributed by atoms with E-state index in [1.54, 1.807) is 17.0 Å². The van der Waals surface area contributed by atoms with Crippen molar-refractivity contribution < 1.29 is 36.0 Å². The number of amides is 1. The van der Waals surface area contributed by atoms with Crippen molar-refractivity contribution >= 4 is 27.3 Å². The molecule has 0 unspecified atom stereocenters. The van der Waals surface area contributed by atoms with E-state index >= 15 is 0 Å². The molecule has 0 aliphatic carbocycles. The van der Waals surface area contributed by atoms with Gasteiger partial charge in [-0.05, 0) is 61.7 Å². The molecule has 1 heterocycles. The van der Waals surface area contributed by atoms with Gasteiger partial charge in [0.05, 0.1) is 21.8 Å². The second kappa shape index (κ2) is 11.0. The molecule has 3 aromatic carbocycles. The monoisotopic (exact) mass is 563 g/mol. The van der Waals surface area contributed by atoms with E-state index in [-0.39, 0.29) is 23.0 Å². The average molecular weight is 564 g/mol. The minimum absolute atomic E-state index is 0.00950. The molecule has 3 aromatic rings. The fourth-order valence-corrected chi connectivity index (χ4v) is 5.50. The van der Waals surface area contributed by atoms with Gasteiger partial charge >= 0.3 is 6.36 Å². The third-order valence-electron chi connectivity index (χ3n) is 6.32. The number of β-lactam (4-membered cyclic amide) rings is 1. The maximum atomic E-state index is 13.1. The summed E-state index contributed by atoms with van der Waals surface area (Å²) in [4.78, 5) is 25.1. The van der Waals surface area contributed by atoms with Crippen molar-refractivity contribution in [2.75, 3.05) is 11.4 Å². The molecule has 1 aliphatic rings. The summed E-state index contributed by atoms with van der Waals surface area (Å²) in [5.41, 5.74) is 2.34. The maximum absolute atomic E-state index is 13.1. The van der Waals surface area contributed by atoms with E-state index in [4.69, 9.17) is 0 Å². The van der Waals surface area contributed by atoms with Crippen molar-refractivity contribution in [3.05, 3.63) is 94.0 Å². The van der Waals surface area contributed by atoms with Crippen LogP contribution in [0.25, 0.3) is 0 Å². The molecule has 0 saturated carbocycles. The minimum atomic E-state index is -4.89. The number of hydrogen-bond donors (Lipinski definition) is 1. The second-order valence-corrected chi connectivity index (χ2v) is 10.8. The molecule has 39 heavy (non-hydrogen) atoms. The summed E-state index contributed by atoms with van der Waals surface area (Å²) < 4.78 is 68.2. The van der Waals surface area contributed by atoms with Crippen LogP contribution in [0.3, 0.4) is 0 Å². The molecule has 0 aromatic heterocycles. The second-order valence-electron chi connectivity index (χ2n) is 9.00. The smallest absolute Gasteiger partial charge is 0.406 e. The van der Waals surface area contributed by atoms with Crippen LogP contribution in [0, 0.1) is 23.0 Å². The number of rotatable bonds is 10. The van der Waals surface area contributed by atoms with E-state index < -0.39 is 39.0 Å². The summed E-state index contributed by atoms with van der Waals surface area (Å²) in [6, 6.07) is 16.8. The summed E-state index contributed by atoms with van der Waals surface area (Å²) in [5, 5.41) is 11.1. The van der Waals surface area contributed by atoms with Gasteiger partial charge in [0.2, 0.25) is 15.9 Å². The highest BCUT2D eigenvalue weighted by Crippen LogP contribution is 2.45. The van der Waals surface area contributed by atoms with Crippen molar-refractivity contribution in [2.24, 2.45) is 5.92 Å². The highest BCUT2D eigenvalue weighted by molar-refractivity contribution is 7.89. The molecule has 0 spiro atoms. The molecule has 0 radical (unpaired) electrons. The Bertz CT molecular complexity index is 1440. The van der Waals surface area contributed by atoms with Crippen molar-refractivity contribution in [1.82, 2.24) is 4.72 Å². The van der Waals surface area contributed by atoms with E-state index in [0.29, 0.717) is 24.1 Å². The van der Waals surface area contributed by atoms with Crippen molar-refractivity contribution in [3.63, 3.8) is 0 Å². The Kier molecular flexibility index (Phi) is 7.93. The molecule has 13 heteroatoms.